The lowest BCUT2D eigenvalue weighted by molar-refractivity contribution is 0.136. The van der Waals surface area contributed by atoms with E-state index in [1.165, 1.54) is 45.2 Å². The van der Waals surface area contributed by atoms with Gasteiger partial charge in [-0.25, -0.2) is 0 Å². The van der Waals surface area contributed by atoms with Gasteiger partial charge in [-0.3, -0.25) is 0 Å². The molecule has 1 aliphatic heterocycles. The first-order valence-electron chi connectivity index (χ1n) is 6.11. The van der Waals surface area contributed by atoms with Gasteiger partial charge in [0.15, 0.2) is 0 Å². The second-order valence-electron chi connectivity index (χ2n) is 4.98. The molecule has 1 aliphatic carbocycles. The van der Waals surface area contributed by atoms with Crippen LogP contribution in [0.3, 0.4) is 0 Å². The highest BCUT2D eigenvalue weighted by Gasteiger charge is 2.31. The van der Waals surface area contributed by atoms with Crippen LogP contribution in [-0.4, -0.2) is 13.1 Å². The number of fused-ring (bicyclic) bond motifs is 1. The van der Waals surface area contributed by atoms with Gasteiger partial charge >= 0.3 is 0 Å². The molecule has 0 radical (unpaired) electrons. The minimum Gasteiger partial charge on any atom is -0.316 e. The zero-order valence-corrected chi connectivity index (χ0v) is 8.89. The topological polar surface area (TPSA) is 12.0 Å². The Hall–Kier alpha value is -0.0400. The average molecular weight is 181 g/mol. The Morgan fingerprint density at radius 2 is 2.08 bits per heavy atom. The lowest BCUT2D eigenvalue weighted by Crippen LogP contribution is -2.39. The molecule has 1 saturated heterocycles. The number of rotatable bonds is 2. The van der Waals surface area contributed by atoms with Crippen molar-refractivity contribution in [3.05, 3.63) is 0 Å². The smallest absolute Gasteiger partial charge is 0.00179 e. The van der Waals surface area contributed by atoms with Gasteiger partial charge in [0, 0.05) is 0 Å². The predicted molar refractivity (Wildman–Crippen MR) is 56.7 cm³/mol. The fourth-order valence-electron chi connectivity index (χ4n) is 3.29. The van der Waals surface area contributed by atoms with E-state index in [1.807, 2.05) is 0 Å². The Kier molecular flexibility index (Phi) is 3.26. The first kappa shape index (κ1) is 9.51. The molecule has 2 rings (SSSR count). The first-order chi connectivity index (χ1) is 6.40. The van der Waals surface area contributed by atoms with Crippen molar-refractivity contribution in [2.75, 3.05) is 13.1 Å². The van der Waals surface area contributed by atoms with Crippen molar-refractivity contribution in [1.29, 1.82) is 0 Å². The third-order valence-corrected chi connectivity index (χ3v) is 4.04. The largest absolute Gasteiger partial charge is 0.316 e. The van der Waals surface area contributed by atoms with Crippen LogP contribution in [0.2, 0.25) is 0 Å². The van der Waals surface area contributed by atoms with Crippen LogP contribution in [0.5, 0.6) is 0 Å². The van der Waals surface area contributed by atoms with Crippen molar-refractivity contribution < 1.29 is 0 Å². The molecular formula is C12H23N. The summed E-state index contributed by atoms with van der Waals surface area (Å²) in [5.41, 5.74) is 0. The van der Waals surface area contributed by atoms with Crippen molar-refractivity contribution in [2.24, 2.45) is 17.8 Å². The zero-order chi connectivity index (χ0) is 9.10. The minimum atomic E-state index is 1.03. The summed E-state index contributed by atoms with van der Waals surface area (Å²) in [6.07, 6.45) is 8.88. The molecule has 0 aromatic heterocycles. The fraction of sp³-hybridized carbons (Fsp3) is 1.00. The van der Waals surface area contributed by atoms with Crippen molar-refractivity contribution in [1.82, 2.24) is 5.32 Å². The second kappa shape index (κ2) is 4.45. The number of piperidine rings is 1. The minimum absolute atomic E-state index is 1.03. The van der Waals surface area contributed by atoms with Crippen LogP contribution in [-0.2, 0) is 0 Å². The summed E-state index contributed by atoms with van der Waals surface area (Å²) < 4.78 is 0. The molecule has 3 unspecified atom stereocenters. The van der Waals surface area contributed by atoms with Crippen LogP contribution in [0.25, 0.3) is 0 Å². The monoisotopic (exact) mass is 181 g/mol. The van der Waals surface area contributed by atoms with E-state index in [2.05, 4.69) is 12.2 Å². The SMILES string of the molecule is CCCC1CCC2CNCCC2C1. The molecule has 1 saturated carbocycles. The van der Waals surface area contributed by atoms with Crippen LogP contribution < -0.4 is 5.32 Å². The van der Waals surface area contributed by atoms with E-state index in [4.69, 9.17) is 0 Å². The van der Waals surface area contributed by atoms with E-state index in [1.54, 1.807) is 6.42 Å². The highest BCUT2D eigenvalue weighted by atomic mass is 14.9. The molecule has 13 heavy (non-hydrogen) atoms. The van der Waals surface area contributed by atoms with Crippen molar-refractivity contribution in [2.45, 2.75) is 45.4 Å². The van der Waals surface area contributed by atoms with E-state index in [0.717, 1.165) is 17.8 Å². The van der Waals surface area contributed by atoms with Crippen molar-refractivity contribution in [3.63, 3.8) is 0 Å². The third kappa shape index (κ3) is 2.25. The number of nitrogens with one attached hydrogen (secondary N) is 1. The Labute approximate surface area is 82.3 Å². The molecule has 0 bridgehead atoms. The molecule has 1 heteroatoms. The molecule has 0 aromatic carbocycles. The summed E-state index contributed by atoms with van der Waals surface area (Å²) >= 11 is 0. The van der Waals surface area contributed by atoms with Crippen molar-refractivity contribution >= 4 is 0 Å². The molecule has 76 valence electrons. The summed E-state index contributed by atoms with van der Waals surface area (Å²) in [5, 5.41) is 3.53. The lowest BCUT2D eigenvalue weighted by Gasteiger charge is -2.39. The quantitative estimate of drug-likeness (QED) is 0.690. The molecule has 0 amide bonds. The van der Waals surface area contributed by atoms with Gasteiger partial charge in [0.1, 0.15) is 0 Å². The van der Waals surface area contributed by atoms with Gasteiger partial charge in [0.05, 0.1) is 0 Å². The molecule has 2 aliphatic rings. The van der Waals surface area contributed by atoms with Crippen LogP contribution in [0.1, 0.15) is 45.4 Å². The first-order valence-corrected chi connectivity index (χ1v) is 6.11. The average Bonchev–Trinajstić information content (AvgIpc) is 2.18. The maximum atomic E-state index is 3.53. The number of hydrogen-bond donors (Lipinski definition) is 1. The van der Waals surface area contributed by atoms with Gasteiger partial charge in [0.2, 0.25) is 0 Å². The van der Waals surface area contributed by atoms with Gasteiger partial charge in [0.25, 0.3) is 0 Å². The van der Waals surface area contributed by atoms with E-state index in [0.29, 0.717) is 0 Å². The van der Waals surface area contributed by atoms with Gasteiger partial charge in [-0.05, 0) is 50.1 Å². The predicted octanol–water partition coefficient (Wildman–Crippen LogP) is 2.81. The molecule has 0 aromatic rings. The molecule has 0 spiro atoms. The standard InChI is InChI=1S/C12H23N/c1-2-3-10-4-5-12-9-13-7-6-11(12)8-10/h10-13H,2-9H2,1H3. The molecule has 1 heterocycles. The van der Waals surface area contributed by atoms with E-state index >= 15 is 0 Å². The van der Waals surface area contributed by atoms with Gasteiger partial charge in [-0.1, -0.05) is 26.2 Å². The lowest BCUT2D eigenvalue weighted by atomic mass is 9.70. The Bertz CT molecular complexity index is 155. The summed E-state index contributed by atoms with van der Waals surface area (Å²) in [5.74, 6) is 3.18. The molecule has 2 fully saturated rings. The second-order valence-corrected chi connectivity index (χ2v) is 4.98. The highest BCUT2D eigenvalue weighted by molar-refractivity contribution is 4.84. The Morgan fingerprint density at radius 3 is 2.92 bits per heavy atom. The zero-order valence-electron chi connectivity index (χ0n) is 8.89. The summed E-state index contributed by atoms with van der Waals surface area (Å²) in [4.78, 5) is 0. The van der Waals surface area contributed by atoms with E-state index in [-0.39, 0.29) is 0 Å². The Balaban J connectivity index is 1.84. The van der Waals surface area contributed by atoms with Crippen LogP contribution in [0.15, 0.2) is 0 Å². The highest BCUT2D eigenvalue weighted by Crippen LogP contribution is 2.38. The maximum absolute atomic E-state index is 3.53. The van der Waals surface area contributed by atoms with Gasteiger partial charge in [-0.2, -0.15) is 0 Å². The van der Waals surface area contributed by atoms with Gasteiger partial charge in [-0.15, -0.1) is 0 Å². The Morgan fingerprint density at radius 1 is 1.15 bits per heavy atom. The van der Waals surface area contributed by atoms with E-state index in [9.17, 15) is 0 Å². The van der Waals surface area contributed by atoms with E-state index < -0.39 is 0 Å². The maximum Gasteiger partial charge on any atom is -0.00179 e. The fourth-order valence-corrected chi connectivity index (χ4v) is 3.29. The van der Waals surface area contributed by atoms with Crippen LogP contribution in [0, 0.1) is 17.8 Å². The van der Waals surface area contributed by atoms with Crippen molar-refractivity contribution in [3.8, 4) is 0 Å². The van der Waals surface area contributed by atoms with Crippen LogP contribution in [0.4, 0.5) is 0 Å². The summed E-state index contributed by atoms with van der Waals surface area (Å²) in [7, 11) is 0. The summed E-state index contributed by atoms with van der Waals surface area (Å²) in [6, 6.07) is 0. The molecule has 1 N–H and O–H groups in total. The molecule has 1 nitrogen and oxygen atoms in total. The van der Waals surface area contributed by atoms with Gasteiger partial charge < -0.3 is 5.32 Å². The van der Waals surface area contributed by atoms with Crippen LogP contribution >= 0.6 is 0 Å². The number of hydrogen-bond acceptors (Lipinski definition) is 1. The molecular weight excluding hydrogens is 158 g/mol. The summed E-state index contributed by atoms with van der Waals surface area (Å²) in [6.45, 7) is 4.91. The normalized spacial score (nSPS) is 39.9. The third-order valence-electron chi connectivity index (χ3n) is 4.04. The molecule has 3 atom stereocenters.